The van der Waals surface area contributed by atoms with E-state index in [2.05, 4.69) is 15.3 Å². The van der Waals surface area contributed by atoms with E-state index in [4.69, 9.17) is 28.8 Å². The number of nitrogens with zero attached hydrogens (tertiary/aromatic N) is 2. The predicted octanol–water partition coefficient (Wildman–Crippen LogP) is 0.991. The number of hydrogen-bond acceptors (Lipinski definition) is 2. The minimum absolute atomic E-state index is 0.0218. The molecule has 6 nitrogen and oxygen atoms in total. The van der Waals surface area contributed by atoms with Crippen LogP contribution in [0.3, 0.4) is 0 Å². The Morgan fingerprint density at radius 2 is 2.06 bits per heavy atom. The molecule has 0 saturated carbocycles. The van der Waals surface area contributed by atoms with Gasteiger partial charge in [0.25, 0.3) is 0 Å². The Kier molecular flexibility index (Phi) is 4.59. The van der Waals surface area contributed by atoms with Crippen molar-refractivity contribution in [2.45, 2.75) is 6.92 Å². The molecule has 1 rings (SSSR count). The van der Waals surface area contributed by atoms with Crippen molar-refractivity contribution in [3.8, 4) is 0 Å². The average Bonchev–Trinajstić information content (AvgIpc) is 2.21. The summed E-state index contributed by atoms with van der Waals surface area (Å²) < 4.78 is 0. The summed E-state index contributed by atoms with van der Waals surface area (Å²) in [6.07, 6.45) is 0. The van der Waals surface area contributed by atoms with Gasteiger partial charge in [-0.1, -0.05) is 11.6 Å². The summed E-state index contributed by atoms with van der Waals surface area (Å²) in [6.45, 7) is 2.73. The topological polar surface area (TPSA) is 115 Å². The normalized spacial score (nSPS) is 11.1. The molecule has 0 aliphatic heterocycles. The molecule has 1 aromatic carbocycles. The van der Waals surface area contributed by atoms with Gasteiger partial charge in [0.2, 0.25) is 5.96 Å². The number of nitrogens with two attached hydrogens (primary N) is 3. The zero-order valence-corrected chi connectivity index (χ0v) is 10.2. The van der Waals surface area contributed by atoms with Crippen LogP contribution in [0.25, 0.3) is 0 Å². The van der Waals surface area contributed by atoms with Crippen LogP contribution in [0.5, 0.6) is 0 Å². The number of hydrogen-bond donors (Lipinski definition) is 4. The smallest absolute Gasteiger partial charge is 0.223 e. The van der Waals surface area contributed by atoms with Crippen LogP contribution >= 0.6 is 11.6 Å². The van der Waals surface area contributed by atoms with Crippen LogP contribution in [0, 0.1) is 0 Å². The number of aliphatic imine (C=N–C) groups is 2. The Morgan fingerprint density at radius 3 is 2.65 bits per heavy atom. The largest absolute Gasteiger partial charge is 0.384 e. The van der Waals surface area contributed by atoms with Crippen LogP contribution in [0.2, 0.25) is 5.02 Å². The number of anilines is 1. The zero-order valence-electron chi connectivity index (χ0n) is 9.44. The fourth-order valence-electron chi connectivity index (χ4n) is 1.22. The van der Waals surface area contributed by atoms with Crippen molar-refractivity contribution in [2.75, 3.05) is 11.9 Å². The van der Waals surface area contributed by atoms with Crippen LogP contribution in [0.4, 0.5) is 11.4 Å². The highest BCUT2D eigenvalue weighted by atomic mass is 35.5. The molecular weight excluding hydrogens is 240 g/mol. The first kappa shape index (κ1) is 13.1. The zero-order chi connectivity index (χ0) is 12.8. The highest BCUT2D eigenvalue weighted by Crippen LogP contribution is 2.28. The summed E-state index contributed by atoms with van der Waals surface area (Å²) in [6, 6.07) is 5.25. The summed E-state index contributed by atoms with van der Waals surface area (Å²) in [5.41, 5.74) is 17.3. The molecule has 0 spiro atoms. The van der Waals surface area contributed by atoms with E-state index in [1.807, 2.05) is 13.0 Å². The molecule has 7 N–H and O–H groups in total. The molecule has 0 saturated heterocycles. The molecule has 0 aliphatic rings. The van der Waals surface area contributed by atoms with Gasteiger partial charge in [-0.15, -0.1) is 0 Å². The number of halogens is 1. The van der Waals surface area contributed by atoms with E-state index in [1.165, 1.54) is 0 Å². The first-order chi connectivity index (χ1) is 8.02. The number of rotatable bonds is 3. The summed E-state index contributed by atoms with van der Waals surface area (Å²) in [5, 5.41) is 3.69. The van der Waals surface area contributed by atoms with Gasteiger partial charge in [-0.25, -0.2) is 4.99 Å². The fraction of sp³-hybridized carbons (Fsp3) is 0.200. The first-order valence-electron chi connectivity index (χ1n) is 5.00. The minimum Gasteiger partial charge on any atom is -0.384 e. The van der Waals surface area contributed by atoms with Crippen LogP contribution < -0.4 is 22.5 Å². The Morgan fingerprint density at radius 1 is 1.35 bits per heavy atom. The van der Waals surface area contributed by atoms with Crippen molar-refractivity contribution < 1.29 is 0 Å². The lowest BCUT2D eigenvalue weighted by atomic mass is 10.2. The molecule has 0 atom stereocenters. The lowest BCUT2D eigenvalue weighted by Crippen LogP contribution is -2.26. The van der Waals surface area contributed by atoms with Crippen LogP contribution in [0.1, 0.15) is 6.92 Å². The molecule has 0 aromatic heterocycles. The van der Waals surface area contributed by atoms with E-state index in [9.17, 15) is 0 Å². The quantitative estimate of drug-likeness (QED) is 0.476. The lowest BCUT2D eigenvalue weighted by Gasteiger charge is -2.07. The number of guanidine groups is 2. The monoisotopic (exact) mass is 254 g/mol. The van der Waals surface area contributed by atoms with Gasteiger partial charge in [0.1, 0.15) is 0 Å². The molecule has 0 fully saturated rings. The van der Waals surface area contributed by atoms with Gasteiger partial charge in [0.05, 0.1) is 11.4 Å². The van der Waals surface area contributed by atoms with Crippen molar-refractivity contribution in [1.29, 1.82) is 0 Å². The summed E-state index contributed by atoms with van der Waals surface area (Å²) in [4.78, 5) is 7.71. The van der Waals surface area contributed by atoms with Crippen LogP contribution in [-0.4, -0.2) is 18.5 Å². The fourth-order valence-corrected chi connectivity index (χ4v) is 1.38. The van der Waals surface area contributed by atoms with Gasteiger partial charge < -0.3 is 22.5 Å². The van der Waals surface area contributed by atoms with E-state index < -0.39 is 0 Å². The van der Waals surface area contributed by atoms with Crippen molar-refractivity contribution in [2.24, 2.45) is 27.2 Å². The van der Waals surface area contributed by atoms with E-state index in [1.54, 1.807) is 12.1 Å². The van der Waals surface area contributed by atoms with Crippen molar-refractivity contribution in [3.05, 3.63) is 23.2 Å². The number of nitrogens with one attached hydrogen (secondary N) is 1. The molecule has 0 heterocycles. The average molecular weight is 255 g/mol. The third-order valence-electron chi connectivity index (χ3n) is 1.81. The molecule has 0 radical (unpaired) electrons. The molecule has 0 bridgehead atoms. The first-order valence-corrected chi connectivity index (χ1v) is 5.38. The second-order valence-electron chi connectivity index (χ2n) is 3.20. The molecule has 92 valence electrons. The van der Waals surface area contributed by atoms with Crippen molar-refractivity contribution >= 4 is 34.9 Å². The van der Waals surface area contributed by atoms with Gasteiger partial charge in [-0.3, -0.25) is 0 Å². The molecule has 17 heavy (non-hydrogen) atoms. The van der Waals surface area contributed by atoms with Gasteiger partial charge in [0.15, 0.2) is 5.96 Å². The van der Waals surface area contributed by atoms with Crippen molar-refractivity contribution in [1.82, 2.24) is 0 Å². The number of benzene rings is 1. The van der Waals surface area contributed by atoms with E-state index in [0.717, 1.165) is 12.2 Å². The molecule has 0 aliphatic carbocycles. The van der Waals surface area contributed by atoms with Crippen LogP contribution in [0.15, 0.2) is 28.2 Å². The predicted molar refractivity (Wildman–Crippen MR) is 72.7 cm³/mol. The van der Waals surface area contributed by atoms with Crippen molar-refractivity contribution in [3.63, 3.8) is 0 Å². The Hall–Kier alpha value is -1.95. The maximum atomic E-state index is 5.88. The van der Waals surface area contributed by atoms with Gasteiger partial charge in [-0.05, 0) is 25.1 Å². The Balaban J connectivity index is 3.11. The molecular formula is C10H15ClN6. The maximum absolute atomic E-state index is 5.88. The molecule has 0 amide bonds. The Labute approximate surface area is 105 Å². The molecule has 1 aromatic rings. The third-order valence-corrected chi connectivity index (χ3v) is 2.04. The summed E-state index contributed by atoms with van der Waals surface area (Å²) >= 11 is 5.88. The second-order valence-corrected chi connectivity index (χ2v) is 3.63. The standard InChI is InChI=1S/C10H15ClN6/c1-2-15-7-4-3-6(11)5-8(7)16-10(14)17-9(12)13/h3-5,15H,2H2,1H3,(H6,12,13,14,16,17). The summed E-state index contributed by atoms with van der Waals surface area (Å²) in [7, 11) is 0. The maximum Gasteiger partial charge on any atom is 0.223 e. The Bertz CT molecular complexity index is 450. The highest BCUT2D eigenvalue weighted by molar-refractivity contribution is 6.31. The molecule has 7 heteroatoms. The van der Waals surface area contributed by atoms with Gasteiger partial charge >= 0.3 is 0 Å². The highest BCUT2D eigenvalue weighted by Gasteiger charge is 2.02. The lowest BCUT2D eigenvalue weighted by molar-refractivity contribution is 1.21. The minimum atomic E-state index is -0.140. The SMILES string of the molecule is CCNc1ccc(Cl)cc1N=C(N)N=C(N)N. The second kappa shape index (κ2) is 5.95. The van der Waals surface area contributed by atoms with Crippen LogP contribution in [-0.2, 0) is 0 Å². The third kappa shape index (κ3) is 4.20. The van der Waals surface area contributed by atoms with Gasteiger partial charge in [-0.2, -0.15) is 4.99 Å². The summed E-state index contributed by atoms with van der Waals surface area (Å²) in [5.74, 6) is -0.162. The van der Waals surface area contributed by atoms with E-state index >= 15 is 0 Å². The van der Waals surface area contributed by atoms with Gasteiger partial charge in [0, 0.05) is 11.6 Å². The van der Waals surface area contributed by atoms with E-state index in [-0.39, 0.29) is 11.9 Å². The molecule has 0 unspecified atom stereocenters. The van der Waals surface area contributed by atoms with E-state index in [0.29, 0.717) is 10.7 Å².